The summed E-state index contributed by atoms with van der Waals surface area (Å²) in [6, 6.07) is 12.8. The number of carbonyl (C=O) groups excluding carboxylic acids is 2. The summed E-state index contributed by atoms with van der Waals surface area (Å²) in [4.78, 5) is 26.9. The van der Waals surface area contributed by atoms with E-state index >= 15 is 0 Å². The Balaban J connectivity index is 1.71. The lowest BCUT2D eigenvalue weighted by molar-refractivity contribution is -0.120. The zero-order valence-corrected chi connectivity index (χ0v) is 15.3. The fourth-order valence-electron chi connectivity index (χ4n) is 2.62. The Hall–Kier alpha value is -2.18. The first-order valence-electron chi connectivity index (χ1n) is 7.83. The van der Waals surface area contributed by atoms with Gasteiger partial charge >= 0.3 is 0 Å². The molecule has 2 N–H and O–H groups in total. The molecule has 0 aliphatic carbocycles. The number of nitrogens with zero attached hydrogens (tertiary/aromatic N) is 1. The van der Waals surface area contributed by atoms with Crippen LogP contribution in [-0.4, -0.2) is 37.7 Å². The van der Waals surface area contributed by atoms with Gasteiger partial charge in [0.2, 0.25) is 5.91 Å². The fourth-order valence-corrected chi connectivity index (χ4v) is 3.26. The number of anilines is 2. The molecule has 0 spiro atoms. The third kappa shape index (κ3) is 4.27. The van der Waals surface area contributed by atoms with Crippen LogP contribution in [0.25, 0.3) is 0 Å². The van der Waals surface area contributed by atoms with Gasteiger partial charge in [-0.3, -0.25) is 9.59 Å². The maximum Gasteiger partial charge on any atom is 0.257 e. The first-order valence-corrected chi connectivity index (χ1v) is 9.43. The minimum atomic E-state index is -0.244. The molecule has 0 radical (unpaired) electrons. The Labute approximate surface area is 155 Å². The maximum atomic E-state index is 12.5. The average Bonchev–Trinajstić information content (AvgIpc) is 2.62. The van der Waals surface area contributed by atoms with Crippen LogP contribution in [0.15, 0.2) is 47.4 Å². The molecule has 1 aliphatic heterocycles. The maximum absolute atomic E-state index is 12.5. The molecule has 0 unspecified atom stereocenters. The lowest BCUT2D eigenvalue weighted by Gasteiger charge is -2.28. The van der Waals surface area contributed by atoms with Crippen molar-refractivity contribution in [1.29, 1.82) is 0 Å². The molecule has 1 fully saturated rings. The van der Waals surface area contributed by atoms with Gasteiger partial charge in [-0.15, -0.1) is 11.8 Å². The summed E-state index contributed by atoms with van der Waals surface area (Å²) in [6.45, 7) is 1.76. The number of benzene rings is 2. The lowest BCUT2D eigenvalue weighted by atomic mass is 10.2. The molecule has 5 nitrogen and oxygen atoms in total. The van der Waals surface area contributed by atoms with Crippen molar-refractivity contribution in [3.8, 4) is 0 Å². The highest BCUT2D eigenvalue weighted by atomic mass is 35.5. The van der Waals surface area contributed by atoms with Crippen LogP contribution < -0.4 is 15.5 Å². The Morgan fingerprint density at radius 1 is 1.24 bits per heavy atom. The summed E-state index contributed by atoms with van der Waals surface area (Å²) in [5, 5.41) is 6.08. The van der Waals surface area contributed by atoms with Gasteiger partial charge in [0.25, 0.3) is 5.91 Å². The summed E-state index contributed by atoms with van der Waals surface area (Å²) in [6.07, 6.45) is 1.95. The van der Waals surface area contributed by atoms with E-state index in [2.05, 4.69) is 10.6 Å². The van der Waals surface area contributed by atoms with E-state index in [4.69, 9.17) is 11.6 Å². The zero-order chi connectivity index (χ0) is 17.8. The Morgan fingerprint density at radius 2 is 2.00 bits per heavy atom. The van der Waals surface area contributed by atoms with Gasteiger partial charge in [0.05, 0.1) is 17.1 Å². The molecule has 0 saturated carbocycles. The summed E-state index contributed by atoms with van der Waals surface area (Å²) >= 11 is 7.70. The summed E-state index contributed by atoms with van der Waals surface area (Å²) in [7, 11) is 0. The molecule has 2 aromatic carbocycles. The van der Waals surface area contributed by atoms with E-state index in [0.717, 1.165) is 17.1 Å². The van der Waals surface area contributed by atoms with Gasteiger partial charge in [0, 0.05) is 29.4 Å². The molecule has 0 atom stereocenters. The van der Waals surface area contributed by atoms with E-state index in [1.54, 1.807) is 23.9 Å². The first kappa shape index (κ1) is 17.6. The Bertz CT molecular complexity index is 795. The molecule has 0 aromatic heterocycles. The summed E-state index contributed by atoms with van der Waals surface area (Å²) in [5.74, 6) is -0.224. The summed E-state index contributed by atoms with van der Waals surface area (Å²) in [5.41, 5.74) is 2.08. The third-order valence-corrected chi connectivity index (χ3v) is 5.00. The molecular formula is C18H18ClN3O2S. The van der Waals surface area contributed by atoms with Crippen molar-refractivity contribution < 1.29 is 9.59 Å². The normalized spacial score (nSPS) is 14.2. The van der Waals surface area contributed by atoms with E-state index in [-0.39, 0.29) is 11.8 Å². The topological polar surface area (TPSA) is 61.4 Å². The summed E-state index contributed by atoms with van der Waals surface area (Å²) < 4.78 is 0. The third-order valence-electron chi connectivity index (χ3n) is 3.95. The molecule has 7 heteroatoms. The highest BCUT2D eigenvalue weighted by Gasteiger charge is 2.16. The molecular weight excluding hydrogens is 358 g/mol. The monoisotopic (exact) mass is 375 g/mol. The number of piperazine rings is 1. The van der Waals surface area contributed by atoms with Crippen molar-refractivity contribution >= 4 is 46.6 Å². The van der Waals surface area contributed by atoms with Crippen LogP contribution in [0.4, 0.5) is 11.4 Å². The van der Waals surface area contributed by atoms with Gasteiger partial charge in [0.1, 0.15) is 0 Å². The van der Waals surface area contributed by atoms with Crippen molar-refractivity contribution in [2.75, 3.05) is 36.1 Å². The second-order valence-corrected chi connectivity index (χ2v) is 6.91. The van der Waals surface area contributed by atoms with Crippen molar-refractivity contribution in [3.63, 3.8) is 0 Å². The predicted molar refractivity (Wildman–Crippen MR) is 103 cm³/mol. The molecule has 1 aliphatic rings. The molecule has 0 bridgehead atoms. The molecule has 1 heterocycles. The minimum absolute atomic E-state index is 0.0203. The number of halogens is 1. The quantitative estimate of drug-likeness (QED) is 0.805. The number of hydrogen-bond donors (Lipinski definition) is 2. The van der Waals surface area contributed by atoms with E-state index in [1.807, 2.05) is 41.5 Å². The highest BCUT2D eigenvalue weighted by molar-refractivity contribution is 7.98. The second-order valence-electron chi connectivity index (χ2n) is 5.62. The van der Waals surface area contributed by atoms with E-state index in [1.165, 1.54) is 0 Å². The number of thioether (sulfide) groups is 1. The molecule has 130 valence electrons. The largest absolute Gasteiger partial charge is 0.360 e. The van der Waals surface area contributed by atoms with Gasteiger partial charge in [-0.25, -0.2) is 0 Å². The minimum Gasteiger partial charge on any atom is -0.360 e. The second kappa shape index (κ2) is 7.80. The van der Waals surface area contributed by atoms with Crippen LogP contribution in [0, 0.1) is 0 Å². The SMILES string of the molecule is CSc1ccc(Cl)c(C(=O)Nc2ccc(N3CCNC(=O)C3)cc2)c1. The number of carbonyl (C=O) groups is 2. The van der Waals surface area contributed by atoms with Crippen LogP contribution in [0.5, 0.6) is 0 Å². The first-order chi connectivity index (χ1) is 12.1. The molecule has 25 heavy (non-hydrogen) atoms. The number of rotatable bonds is 4. The van der Waals surface area contributed by atoms with Crippen molar-refractivity contribution in [3.05, 3.63) is 53.1 Å². The number of hydrogen-bond acceptors (Lipinski definition) is 4. The van der Waals surface area contributed by atoms with Gasteiger partial charge in [-0.05, 0) is 48.7 Å². The zero-order valence-electron chi connectivity index (χ0n) is 13.7. The Morgan fingerprint density at radius 3 is 2.68 bits per heavy atom. The van der Waals surface area contributed by atoms with Crippen molar-refractivity contribution in [2.24, 2.45) is 0 Å². The molecule has 2 aromatic rings. The fraction of sp³-hybridized carbons (Fsp3) is 0.222. The predicted octanol–water partition coefficient (Wildman–Crippen LogP) is 3.25. The van der Waals surface area contributed by atoms with Crippen LogP contribution >= 0.6 is 23.4 Å². The molecule has 1 saturated heterocycles. The smallest absolute Gasteiger partial charge is 0.257 e. The van der Waals surface area contributed by atoms with E-state index in [0.29, 0.717) is 29.4 Å². The average molecular weight is 376 g/mol. The molecule has 2 amide bonds. The number of nitrogens with one attached hydrogen (secondary N) is 2. The highest BCUT2D eigenvalue weighted by Crippen LogP contribution is 2.24. The Kier molecular flexibility index (Phi) is 5.50. The van der Waals surface area contributed by atoms with Crippen LogP contribution in [0.1, 0.15) is 10.4 Å². The van der Waals surface area contributed by atoms with Gasteiger partial charge < -0.3 is 15.5 Å². The van der Waals surface area contributed by atoms with Crippen molar-refractivity contribution in [2.45, 2.75) is 4.90 Å². The van der Waals surface area contributed by atoms with E-state index in [9.17, 15) is 9.59 Å². The molecule has 3 rings (SSSR count). The van der Waals surface area contributed by atoms with E-state index < -0.39 is 0 Å². The van der Waals surface area contributed by atoms with Gasteiger partial charge in [-0.2, -0.15) is 0 Å². The standard InChI is InChI=1S/C18H18ClN3O2S/c1-25-14-6-7-16(19)15(10-14)18(24)21-12-2-4-13(5-3-12)22-9-8-20-17(23)11-22/h2-7,10H,8-9,11H2,1H3,(H,20,23)(H,21,24). The van der Waals surface area contributed by atoms with Crippen LogP contribution in [0.3, 0.4) is 0 Å². The van der Waals surface area contributed by atoms with Crippen LogP contribution in [0.2, 0.25) is 5.02 Å². The van der Waals surface area contributed by atoms with Gasteiger partial charge in [0.15, 0.2) is 0 Å². The lowest BCUT2D eigenvalue weighted by Crippen LogP contribution is -2.47. The van der Waals surface area contributed by atoms with Crippen molar-refractivity contribution in [1.82, 2.24) is 5.32 Å². The van der Waals surface area contributed by atoms with Gasteiger partial charge in [-0.1, -0.05) is 11.6 Å². The number of amides is 2. The van der Waals surface area contributed by atoms with Crippen LogP contribution in [-0.2, 0) is 4.79 Å².